The summed E-state index contributed by atoms with van der Waals surface area (Å²) in [6.45, 7) is 4.84. The number of amides is 2. The third-order valence-electron chi connectivity index (χ3n) is 5.63. The van der Waals surface area contributed by atoms with Gasteiger partial charge in [0, 0.05) is 30.3 Å². The van der Waals surface area contributed by atoms with Crippen LogP contribution in [-0.2, 0) is 28.3 Å². The van der Waals surface area contributed by atoms with Crippen molar-refractivity contribution in [2.24, 2.45) is 0 Å². The van der Waals surface area contributed by atoms with Gasteiger partial charge in [0.15, 0.2) is 0 Å². The Hall–Kier alpha value is -2.76. The maximum atomic E-state index is 13.5. The molecule has 0 radical (unpaired) electrons. The molecule has 6 heteroatoms. The molecule has 3 aromatic rings. The Morgan fingerprint density at radius 3 is 2.29 bits per heavy atom. The first-order valence-electron chi connectivity index (χ1n) is 11.5. The molecular weight excluding hydrogens is 464 g/mol. The van der Waals surface area contributed by atoms with Crippen LogP contribution >= 0.6 is 23.4 Å². The van der Waals surface area contributed by atoms with Gasteiger partial charge in [-0.1, -0.05) is 78.3 Å². The van der Waals surface area contributed by atoms with E-state index < -0.39 is 6.04 Å². The van der Waals surface area contributed by atoms with Gasteiger partial charge in [0.25, 0.3) is 0 Å². The van der Waals surface area contributed by atoms with E-state index in [2.05, 4.69) is 5.32 Å². The number of hydrogen-bond acceptors (Lipinski definition) is 3. The van der Waals surface area contributed by atoms with E-state index in [1.807, 2.05) is 92.7 Å². The molecule has 0 aromatic heterocycles. The third-order valence-corrected chi connectivity index (χ3v) is 6.87. The highest BCUT2D eigenvalue weighted by Crippen LogP contribution is 2.20. The normalized spacial score (nSPS) is 11.6. The number of likely N-dealkylation sites (N-methyl/N-ethyl adjacent to an activating group) is 1. The first-order valence-corrected chi connectivity index (χ1v) is 13.0. The predicted molar refractivity (Wildman–Crippen MR) is 142 cm³/mol. The second-order valence-electron chi connectivity index (χ2n) is 8.17. The summed E-state index contributed by atoms with van der Waals surface area (Å²) in [6, 6.07) is 24.9. The molecule has 178 valence electrons. The molecule has 3 rings (SSSR count). The zero-order valence-corrected chi connectivity index (χ0v) is 21.2. The highest BCUT2D eigenvalue weighted by Gasteiger charge is 2.30. The number of thioether (sulfide) groups is 1. The van der Waals surface area contributed by atoms with E-state index in [1.165, 1.54) is 0 Å². The molecule has 0 aliphatic rings. The summed E-state index contributed by atoms with van der Waals surface area (Å²) in [5.74, 6) is 0.815. The van der Waals surface area contributed by atoms with E-state index in [9.17, 15) is 9.59 Å². The number of hydrogen-bond donors (Lipinski definition) is 1. The van der Waals surface area contributed by atoms with Gasteiger partial charge in [-0.2, -0.15) is 0 Å². The van der Waals surface area contributed by atoms with E-state index in [0.717, 1.165) is 22.3 Å². The summed E-state index contributed by atoms with van der Waals surface area (Å²) in [5.41, 5.74) is 4.27. The van der Waals surface area contributed by atoms with Crippen molar-refractivity contribution in [3.63, 3.8) is 0 Å². The highest BCUT2D eigenvalue weighted by atomic mass is 35.5. The Morgan fingerprint density at radius 2 is 1.62 bits per heavy atom. The molecule has 0 unspecified atom stereocenters. The molecule has 34 heavy (non-hydrogen) atoms. The zero-order chi connectivity index (χ0) is 24.3. The van der Waals surface area contributed by atoms with E-state index in [-0.39, 0.29) is 11.8 Å². The number of rotatable bonds is 11. The van der Waals surface area contributed by atoms with Gasteiger partial charge in [-0.25, -0.2) is 0 Å². The number of aryl methyl sites for hydroxylation is 1. The minimum absolute atomic E-state index is 0.0469. The lowest BCUT2D eigenvalue weighted by Gasteiger charge is -2.32. The van der Waals surface area contributed by atoms with Crippen LogP contribution in [0.1, 0.15) is 29.2 Å². The quantitative estimate of drug-likeness (QED) is 0.374. The molecule has 0 heterocycles. The average Bonchev–Trinajstić information content (AvgIpc) is 2.84. The van der Waals surface area contributed by atoms with E-state index >= 15 is 0 Å². The van der Waals surface area contributed by atoms with Gasteiger partial charge in [-0.05, 0) is 48.2 Å². The Balaban J connectivity index is 1.82. The van der Waals surface area contributed by atoms with Crippen molar-refractivity contribution in [3.8, 4) is 0 Å². The molecule has 3 aromatic carbocycles. The van der Waals surface area contributed by atoms with Crippen LogP contribution in [0.25, 0.3) is 0 Å². The van der Waals surface area contributed by atoms with E-state index in [4.69, 9.17) is 11.6 Å². The summed E-state index contributed by atoms with van der Waals surface area (Å²) in [7, 11) is 0. The van der Waals surface area contributed by atoms with Gasteiger partial charge in [0.2, 0.25) is 11.8 Å². The lowest BCUT2D eigenvalue weighted by Crippen LogP contribution is -2.51. The van der Waals surface area contributed by atoms with Gasteiger partial charge in [0.1, 0.15) is 6.04 Å². The van der Waals surface area contributed by atoms with Crippen LogP contribution < -0.4 is 5.32 Å². The second-order valence-corrected chi connectivity index (χ2v) is 9.59. The van der Waals surface area contributed by atoms with Crippen LogP contribution in [0, 0.1) is 6.92 Å². The van der Waals surface area contributed by atoms with Crippen LogP contribution in [0.3, 0.4) is 0 Å². The molecule has 1 atom stereocenters. The van der Waals surface area contributed by atoms with Crippen LogP contribution in [0.4, 0.5) is 0 Å². The van der Waals surface area contributed by atoms with E-state index in [1.54, 1.807) is 16.7 Å². The molecule has 4 nitrogen and oxygen atoms in total. The van der Waals surface area contributed by atoms with Crippen molar-refractivity contribution in [3.05, 3.63) is 106 Å². The van der Waals surface area contributed by atoms with Crippen LogP contribution in [-0.4, -0.2) is 35.1 Å². The molecular formula is C28H31ClN2O2S. The maximum Gasteiger partial charge on any atom is 0.243 e. The molecule has 1 N–H and O–H groups in total. The predicted octanol–water partition coefficient (Wildman–Crippen LogP) is 5.66. The number of halogens is 1. The highest BCUT2D eigenvalue weighted by molar-refractivity contribution is 7.99. The average molecular weight is 495 g/mol. The SMILES string of the molecule is CCNC(=O)[C@H](Cc1ccccc1)N(Cc1ccccc1C)C(=O)CSCc1ccc(Cl)cc1. The third kappa shape index (κ3) is 7.64. The van der Waals surface area contributed by atoms with Crippen LogP contribution in [0.15, 0.2) is 78.9 Å². The van der Waals surface area contributed by atoms with Crippen molar-refractivity contribution in [2.45, 2.75) is 38.6 Å². The molecule has 2 amide bonds. The first-order chi connectivity index (χ1) is 16.5. The van der Waals surface area contributed by atoms with Crippen molar-refractivity contribution in [2.75, 3.05) is 12.3 Å². The summed E-state index contributed by atoms with van der Waals surface area (Å²) in [6.07, 6.45) is 0.464. The minimum Gasteiger partial charge on any atom is -0.355 e. The minimum atomic E-state index is -0.592. The van der Waals surface area contributed by atoms with Gasteiger partial charge in [0.05, 0.1) is 5.75 Å². The summed E-state index contributed by atoms with van der Waals surface area (Å²) < 4.78 is 0. The molecule has 0 aliphatic heterocycles. The van der Waals surface area contributed by atoms with E-state index in [0.29, 0.717) is 36.0 Å². The Morgan fingerprint density at radius 1 is 0.941 bits per heavy atom. The standard InChI is InChI=1S/C28H31ClN2O2S/c1-3-30-28(33)26(17-22-10-5-4-6-11-22)31(18-24-12-8-7-9-21(24)2)27(32)20-34-19-23-13-15-25(29)16-14-23/h4-16,26H,3,17-20H2,1-2H3,(H,30,33)/t26-/m0/s1. The summed E-state index contributed by atoms with van der Waals surface area (Å²) in [4.78, 5) is 28.5. The monoisotopic (exact) mass is 494 g/mol. The Kier molecular flexibility index (Phi) is 10.0. The van der Waals surface area contributed by atoms with Crippen molar-refractivity contribution in [1.29, 1.82) is 0 Å². The number of carbonyl (C=O) groups excluding carboxylic acids is 2. The van der Waals surface area contributed by atoms with Crippen LogP contribution in [0.2, 0.25) is 5.02 Å². The fourth-order valence-corrected chi connectivity index (χ4v) is 4.73. The Bertz CT molecular complexity index is 1070. The summed E-state index contributed by atoms with van der Waals surface area (Å²) >= 11 is 7.52. The number of nitrogens with one attached hydrogen (secondary N) is 1. The van der Waals surface area contributed by atoms with Crippen LogP contribution in [0.5, 0.6) is 0 Å². The number of nitrogens with zero attached hydrogens (tertiary/aromatic N) is 1. The lowest BCUT2D eigenvalue weighted by molar-refractivity contribution is -0.139. The van der Waals surface area contributed by atoms with Crippen molar-refractivity contribution in [1.82, 2.24) is 10.2 Å². The molecule has 0 saturated heterocycles. The zero-order valence-electron chi connectivity index (χ0n) is 19.7. The summed E-state index contributed by atoms with van der Waals surface area (Å²) in [5, 5.41) is 3.63. The number of carbonyl (C=O) groups is 2. The topological polar surface area (TPSA) is 49.4 Å². The fraction of sp³-hybridized carbons (Fsp3) is 0.286. The van der Waals surface area contributed by atoms with Gasteiger partial charge in [-0.15, -0.1) is 11.8 Å². The van der Waals surface area contributed by atoms with Gasteiger partial charge < -0.3 is 10.2 Å². The number of benzene rings is 3. The second kappa shape index (κ2) is 13.2. The van der Waals surface area contributed by atoms with Gasteiger partial charge in [-0.3, -0.25) is 9.59 Å². The lowest BCUT2D eigenvalue weighted by atomic mass is 10.0. The maximum absolute atomic E-state index is 13.5. The van der Waals surface area contributed by atoms with Gasteiger partial charge >= 0.3 is 0 Å². The molecule has 0 saturated carbocycles. The first kappa shape index (κ1) is 25.9. The molecule has 0 bridgehead atoms. The van der Waals surface area contributed by atoms with Crippen molar-refractivity contribution < 1.29 is 9.59 Å². The smallest absolute Gasteiger partial charge is 0.243 e. The van der Waals surface area contributed by atoms with Crippen molar-refractivity contribution >= 4 is 35.2 Å². The molecule has 0 fully saturated rings. The Labute approximate surface area is 211 Å². The molecule has 0 spiro atoms. The fourth-order valence-electron chi connectivity index (χ4n) is 3.74. The molecule has 0 aliphatic carbocycles. The largest absolute Gasteiger partial charge is 0.355 e.